The molecule has 0 radical (unpaired) electrons. The molecule has 7 nitrogen and oxygen atoms in total. The molecule has 1 N–H and O–H groups in total. The Morgan fingerprint density at radius 1 is 0.824 bits per heavy atom. The quantitative estimate of drug-likeness (QED) is 0.694. The van der Waals surface area contributed by atoms with Crippen LogP contribution >= 0.6 is 0 Å². The van der Waals surface area contributed by atoms with Crippen molar-refractivity contribution in [1.29, 1.82) is 0 Å². The lowest BCUT2D eigenvalue weighted by molar-refractivity contribution is -0.136. The van der Waals surface area contributed by atoms with Crippen LogP contribution < -0.4 is 4.72 Å². The highest BCUT2D eigenvalue weighted by atomic mass is 32.2. The molecule has 2 aliphatic heterocycles. The third-order valence-electron chi connectivity index (χ3n) is 6.58. The number of halogens is 1. The summed E-state index contributed by atoms with van der Waals surface area (Å²) in [6.45, 7) is 2.66. The molecular weight excluding hydrogens is 457 g/mol. The Labute approximate surface area is 200 Å². The van der Waals surface area contributed by atoms with Crippen LogP contribution in [0.25, 0.3) is 0 Å². The molecule has 2 aliphatic rings. The van der Waals surface area contributed by atoms with Crippen molar-refractivity contribution in [1.82, 2.24) is 9.80 Å². The number of likely N-dealkylation sites (tertiary alicyclic amines) is 2. The Balaban J connectivity index is 1.35. The summed E-state index contributed by atoms with van der Waals surface area (Å²) in [6.07, 6.45) is 5.75. The van der Waals surface area contributed by atoms with E-state index in [0.29, 0.717) is 31.5 Å². The van der Waals surface area contributed by atoms with E-state index in [2.05, 4.69) is 4.72 Å². The molecule has 0 saturated carbocycles. The number of hydrogen-bond donors (Lipinski definition) is 1. The van der Waals surface area contributed by atoms with Gasteiger partial charge in [0, 0.05) is 37.7 Å². The number of carbonyl (C=O) groups is 2. The van der Waals surface area contributed by atoms with Crippen molar-refractivity contribution in [3.63, 3.8) is 0 Å². The van der Waals surface area contributed by atoms with Crippen molar-refractivity contribution in [3.05, 3.63) is 59.9 Å². The van der Waals surface area contributed by atoms with E-state index in [1.165, 1.54) is 61.4 Å². The first-order valence-corrected chi connectivity index (χ1v) is 13.3. The number of anilines is 1. The Morgan fingerprint density at radius 3 is 2.06 bits per heavy atom. The van der Waals surface area contributed by atoms with Crippen molar-refractivity contribution in [2.24, 2.45) is 5.92 Å². The zero-order chi connectivity index (χ0) is 24.1. The number of rotatable bonds is 5. The zero-order valence-electron chi connectivity index (χ0n) is 19.1. The number of sulfonamides is 1. The second-order valence-corrected chi connectivity index (χ2v) is 10.6. The third-order valence-corrected chi connectivity index (χ3v) is 7.96. The van der Waals surface area contributed by atoms with Crippen LogP contribution in [0.2, 0.25) is 0 Å². The van der Waals surface area contributed by atoms with Gasteiger partial charge in [0.05, 0.1) is 10.6 Å². The van der Waals surface area contributed by atoms with Crippen LogP contribution in [-0.2, 0) is 14.8 Å². The Hall–Kier alpha value is -2.94. The maximum Gasteiger partial charge on any atom is 0.261 e. The molecule has 0 atom stereocenters. The zero-order valence-corrected chi connectivity index (χ0v) is 19.9. The third kappa shape index (κ3) is 5.58. The molecule has 34 heavy (non-hydrogen) atoms. The summed E-state index contributed by atoms with van der Waals surface area (Å²) in [5.74, 6) is -0.688. The first-order valence-electron chi connectivity index (χ1n) is 11.8. The normalized spacial score (nSPS) is 17.8. The number of para-hydroxylation sites is 1. The van der Waals surface area contributed by atoms with Gasteiger partial charge in [-0.15, -0.1) is 0 Å². The van der Waals surface area contributed by atoms with Crippen molar-refractivity contribution >= 4 is 27.5 Å². The molecule has 0 aromatic heterocycles. The van der Waals surface area contributed by atoms with E-state index in [9.17, 15) is 22.4 Å². The molecule has 2 saturated heterocycles. The van der Waals surface area contributed by atoms with Gasteiger partial charge in [-0.3, -0.25) is 14.3 Å². The molecule has 2 fully saturated rings. The molecule has 182 valence electrons. The van der Waals surface area contributed by atoms with E-state index in [4.69, 9.17) is 0 Å². The number of hydrogen-bond acceptors (Lipinski definition) is 4. The topological polar surface area (TPSA) is 86.8 Å². The molecule has 0 bridgehead atoms. The van der Waals surface area contributed by atoms with Crippen LogP contribution in [0, 0.1) is 11.7 Å². The number of amides is 2. The van der Waals surface area contributed by atoms with Gasteiger partial charge in [-0.1, -0.05) is 25.0 Å². The summed E-state index contributed by atoms with van der Waals surface area (Å²) in [5.41, 5.74) is 0.238. The first-order chi connectivity index (χ1) is 16.3. The number of nitrogens with one attached hydrogen (secondary N) is 1. The molecule has 2 heterocycles. The van der Waals surface area contributed by atoms with E-state index in [-0.39, 0.29) is 28.3 Å². The van der Waals surface area contributed by atoms with Crippen LogP contribution in [0.3, 0.4) is 0 Å². The fraction of sp³-hybridized carbons (Fsp3) is 0.440. The van der Waals surface area contributed by atoms with Crippen LogP contribution in [0.1, 0.15) is 48.9 Å². The van der Waals surface area contributed by atoms with E-state index in [1.54, 1.807) is 4.90 Å². The molecule has 9 heteroatoms. The standard InChI is InChI=1S/C25H30FN3O4S/c26-22-7-3-4-8-23(22)27-34(32,33)21-11-9-19(10-12-21)24(30)29-17-13-20(14-18-29)25(31)28-15-5-1-2-6-16-28/h3-4,7-12,20,27H,1-2,5-6,13-18H2. The molecule has 0 unspecified atom stereocenters. The predicted octanol–water partition coefficient (Wildman–Crippen LogP) is 3.88. The molecule has 2 aromatic rings. The number of piperidine rings is 1. The van der Waals surface area contributed by atoms with E-state index < -0.39 is 15.8 Å². The minimum absolute atomic E-state index is 0.0425. The number of nitrogens with zero attached hydrogens (tertiary/aromatic N) is 2. The minimum atomic E-state index is -3.99. The van der Waals surface area contributed by atoms with Gasteiger partial charge in [0.1, 0.15) is 5.82 Å². The fourth-order valence-corrected chi connectivity index (χ4v) is 5.65. The Morgan fingerprint density at radius 2 is 1.44 bits per heavy atom. The van der Waals surface area contributed by atoms with Crippen molar-refractivity contribution in [2.75, 3.05) is 30.9 Å². The average Bonchev–Trinajstić information content (AvgIpc) is 3.14. The molecule has 4 rings (SSSR count). The molecule has 0 aliphatic carbocycles. The summed E-state index contributed by atoms with van der Waals surface area (Å²) in [5, 5.41) is 0. The summed E-state index contributed by atoms with van der Waals surface area (Å²) in [7, 11) is -3.99. The van der Waals surface area contributed by atoms with Gasteiger partial charge >= 0.3 is 0 Å². The van der Waals surface area contributed by atoms with E-state index in [1.807, 2.05) is 4.90 Å². The highest BCUT2D eigenvalue weighted by Gasteiger charge is 2.31. The first kappa shape index (κ1) is 24.2. The lowest BCUT2D eigenvalue weighted by Crippen LogP contribution is -2.44. The highest BCUT2D eigenvalue weighted by Crippen LogP contribution is 2.24. The van der Waals surface area contributed by atoms with E-state index >= 15 is 0 Å². The second-order valence-electron chi connectivity index (χ2n) is 8.92. The fourth-order valence-electron chi connectivity index (χ4n) is 4.59. The van der Waals surface area contributed by atoms with Crippen molar-refractivity contribution in [2.45, 2.75) is 43.4 Å². The molecule has 2 amide bonds. The van der Waals surface area contributed by atoms with Crippen LogP contribution in [0.15, 0.2) is 53.4 Å². The maximum absolute atomic E-state index is 13.8. The maximum atomic E-state index is 13.8. The summed E-state index contributed by atoms with van der Waals surface area (Å²) in [4.78, 5) is 29.5. The van der Waals surface area contributed by atoms with Gasteiger partial charge in [0.25, 0.3) is 15.9 Å². The summed E-state index contributed by atoms with van der Waals surface area (Å²) >= 11 is 0. The largest absolute Gasteiger partial charge is 0.342 e. The van der Waals surface area contributed by atoms with Crippen LogP contribution in [0.4, 0.5) is 10.1 Å². The minimum Gasteiger partial charge on any atom is -0.342 e. The molecular formula is C25H30FN3O4S. The van der Waals surface area contributed by atoms with Crippen molar-refractivity contribution in [3.8, 4) is 0 Å². The van der Waals surface area contributed by atoms with E-state index in [0.717, 1.165) is 25.9 Å². The average molecular weight is 488 g/mol. The summed E-state index contributed by atoms with van der Waals surface area (Å²) in [6, 6.07) is 11.1. The van der Waals surface area contributed by atoms with Crippen LogP contribution in [0.5, 0.6) is 0 Å². The van der Waals surface area contributed by atoms with Gasteiger partial charge in [-0.05, 0) is 62.1 Å². The second kappa shape index (κ2) is 10.5. The Kier molecular flexibility index (Phi) is 7.50. The smallest absolute Gasteiger partial charge is 0.261 e. The lowest BCUT2D eigenvalue weighted by Gasteiger charge is -2.34. The number of benzene rings is 2. The van der Waals surface area contributed by atoms with Gasteiger partial charge in [-0.25, -0.2) is 12.8 Å². The lowest BCUT2D eigenvalue weighted by atomic mass is 9.94. The van der Waals surface area contributed by atoms with Gasteiger partial charge in [0.2, 0.25) is 5.91 Å². The monoisotopic (exact) mass is 487 g/mol. The number of carbonyl (C=O) groups excluding carboxylic acids is 2. The molecule has 2 aromatic carbocycles. The highest BCUT2D eigenvalue weighted by molar-refractivity contribution is 7.92. The van der Waals surface area contributed by atoms with Gasteiger partial charge in [-0.2, -0.15) is 0 Å². The SMILES string of the molecule is O=C(c1ccc(S(=O)(=O)Nc2ccccc2F)cc1)N1CCC(C(=O)N2CCCCCC2)CC1. The van der Waals surface area contributed by atoms with Gasteiger partial charge in [0.15, 0.2) is 0 Å². The van der Waals surface area contributed by atoms with Crippen molar-refractivity contribution < 1.29 is 22.4 Å². The predicted molar refractivity (Wildman–Crippen MR) is 127 cm³/mol. The Bertz CT molecular complexity index is 1120. The van der Waals surface area contributed by atoms with Gasteiger partial charge < -0.3 is 9.80 Å². The van der Waals surface area contributed by atoms with Crippen LogP contribution in [-0.4, -0.2) is 56.2 Å². The summed E-state index contributed by atoms with van der Waals surface area (Å²) < 4.78 is 41.2. The molecule has 0 spiro atoms.